The highest BCUT2D eigenvalue weighted by atomic mass is 79.9. The van der Waals surface area contributed by atoms with Crippen LogP contribution in [0.1, 0.15) is 23.6 Å². The van der Waals surface area contributed by atoms with Gasteiger partial charge in [-0.25, -0.2) is 0 Å². The van der Waals surface area contributed by atoms with E-state index in [0.717, 1.165) is 25.8 Å². The predicted octanol–water partition coefficient (Wildman–Crippen LogP) is 4.63. The Morgan fingerprint density at radius 2 is 1.62 bits per heavy atom. The number of rotatable bonds is 7. The summed E-state index contributed by atoms with van der Waals surface area (Å²) in [5.74, 6) is 0.612. The summed E-state index contributed by atoms with van der Waals surface area (Å²) in [4.78, 5) is 0. The second kappa shape index (κ2) is 8.35. The fourth-order valence-electron chi connectivity index (χ4n) is 2.72. The molecule has 0 spiro atoms. The van der Waals surface area contributed by atoms with E-state index in [2.05, 4.69) is 76.7 Å². The average Bonchev–Trinajstić information content (AvgIpc) is 2.50. The van der Waals surface area contributed by atoms with Crippen molar-refractivity contribution in [3.8, 4) is 0 Å². The Labute approximate surface area is 136 Å². The molecule has 0 amide bonds. The Morgan fingerprint density at radius 1 is 0.952 bits per heavy atom. The number of hydrogen-bond donors (Lipinski definition) is 1. The Balaban J connectivity index is 2.06. The normalized spacial score (nSPS) is 12.3. The van der Waals surface area contributed by atoms with Gasteiger partial charge in [-0.2, -0.15) is 0 Å². The maximum absolute atomic E-state index is 3.66. The molecular weight excluding hydrogens is 322 g/mol. The van der Waals surface area contributed by atoms with Crippen LogP contribution in [0.5, 0.6) is 0 Å². The second-order valence-electron chi connectivity index (χ2n) is 5.59. The zero-order valence-corrected chi connectivity index (χ0v) is 14.5. The molecule has 0 fully saturated rings. The third-order valence-corrected chi connectivity index (χ3v) is 4.69. The molecule has 2 aromatic rings. The summed E-state index contributed by atoms with van der Waals surface area (Å²) < 4.78 is 1.22. The molecule has 1 N–H and O–H groups in total. The highest BCUT2D eigenvalue weighted by molar-refractivity contribution is 9.10. The van der Waals surface area contributed by atoms with Gasteiger partial charge in [-0.3, -0.25) is 0 Å². The zero-order valence-electron chi connectivity index (χ0n) is 12.9. The fourth-order valence-corrected chi connectivity index (χ4v) is 3.17. The largest absolute Gasteiger partial charge is 0.319 e. The SMILES string of the molecule is CCc1ccc(CC(CNC)Cc2ccccc2Br)cc1. The van der Waals surface area contributed by atoms with Gasteiger partial charge in [0.05, 0.1) is 0 Å². The summed E-state index contributed by atoms with van der Waals surface area (Å²) in [7, 11) is 2.03. The van der Waals surface area contributed by atoms with Gasteiger partial charge in [-0.05, 0) is 61.5 Å². The van der Waals surface area contributed by atoms with E-state index in [-0.39, 0.29) is 0 Å². The van der Waals surface area contributed by atoms with E-state index in [0.29, 0.717) is 5.92 Å². The summed E-state index contributed by atoms with van der Waals surface area (Å²) in [6, 6.07) is 17.6. The van der Waals surface area contributed by atoms with Crippen LogP contribution >= 0.6 is 15.9 Å². The number of hydrogen-bond acceptors (Lipinski definition) is 1. The Bertz CT molecular complexity index is 548. The molecule has 0 aliphatic heterocycles. The molecule has 0 bridgehead atoms. The highest BCUT2D eigenvalue weighted by Crippen LogP contribution is 2.21. The van der Waals surface area contributed by atoms with E-state index in [1.54, 1.807) is 0 Å². The van der Waals surface area contributed by atoms with Crippen LogP contribution in [0.2, 0.25) is 0 Å². The lowest BCUT2D eigenvalue weighted by atomic mass is 9.92. The van der Waals surface area contributed by atoms with E-state index in [1.165, 1.54) is 21.2 Å². The van der Waals surface area contributed by atoms with Crippen LogP contribution in [0.3, 0.4) is 0 Å². The first-order valence-electron chi connectivity index (χ1n) is 7.68. The minimum atomic E-state index is 0.612. The van der Waals surface area contributed by atoms with Crippen LogP contribution in [0.4, 0.5) is 0 Å². The van der Waals surface area contributed by atoms with Crippen LogP contribution in [0.25, 0.3) is 0 Å². The number of halogens is 1. The molecule has 0 heterocycles. The lowest BCUT2D eigenvalue weighted by molar-refractivity contribution is 0.492. The lowest BCUT2D eigenvalue weighted by Gasteiger charge is -2.18. The van der Waals surface area contributed by atoms with E-state index < -0.39 is 0 Å². The van der Waals surface area contributed by atoms with Crippen molar-refractivity contribution < 1.29 is 0 Å². The summed E-state index contributed by atoms with van der Waals surface area (Å²) in [5.41, 5.74) is 4.23. The molecule has 1 atom stereocenters. The number of nitrogens with one attached hydrogen (secondary N) is 1. The molecule has 0 aromatic heterocycles. The Hall–Kier alpha value is -1.12. The molecule has 2 heteroatoms. The predicted molar refractivity (Wildman–Crippen MR) is 94.8 cm³/mol. The van der Waals surface area contributed by atoms with Gasteiger partial charge in [-0.15, -0.1) is 0 Å². The van der Waals surface area contributed by atoms with E-state index >= 15 is 0 Å². The van der Waals surface area contributed by atoms with E-state index in [9.17, 15) is 0 Å². The first-order valence-corrected chi connectivity index (χ1v) is 8.48. The number of benzene rings is 2. The van der Waals surface area contributed by atoms with Crippen LogP contribution < -0.4 is 5.32 Å². The molecule has 1 nitrogen and oxygen atoms in total. The molecular formula is C19H24BrN. The van der Waals surface area contributed by atoms with Crippen molar-refractivity contribution in [2.75, 3.05) is 13.6 Å². The van der Waals surface area contributed by atoms with Crippen LogP contribution in [-0.4, -0.2) is 13.6 Å². The summed E-state index contributed by atoms with van der Waals surface area (Å²) in [5, 5.41) is 3.34. The Morgan fingerprint density at radius 3 is 2.24 bits per heavy atom. The average molecular weight is 346 g/mol. The second-order valence-corrected chi connectivity index (χ2v) is 6.45. The maximum Gasteiger partial charge on any atom is 0.0207 e. The monoisotopic (exact) mass is 345 g/mol. The topological polar surface area (TPSA) is 12.0 Å². The maximum atomic E-state index is 3.66. The standard InChI is InChI=1S/C19H24BrN/c1-3-15-8-10-16(11-9-15)12-17(14-21-2)13-18-6-4-5-7-19(18)20/h4-11,17,21H,3,12-14H2,1-2H3. The molecule has 0 saturated heterocycles. The minimum absolute atomic E-state index is 0.612. The van der Waals surface area contributed by atoms with E-state index in [1.807, 2.05) is 7.05 Å². The fraction of sp³-hybridized carbons (Fsp3) is 0.368. The third-order valence-electron chi connectivity index (χ3n) is 3.91. The molecule has 0 aliphatic rings. The molecule has 1 unspecified atom stereocenters. The molecule has 21 heavy (non-hydrogen) atoms. The summed E-state index contributed by atoms with van der Waals surface area (Å²) in [6.45, 7) is 3.24. The minimum Gasteiger partial charge on any atom is -0.319 e. The molecule has 112 valence electrons. The van der Waals surface area contributed by atoms with Gasteiger partial charge in [0, 0.05) is 4.47 Å². The van der Waals surface area contributed by atoms with Gasteiger partial charge >= 0.3 is 0 Å². The molecule has 2 aromatic carbocycles. The van der Waals surface area contributed by atoms with Gasteiger partial charge in [0.25, 0.3) is 0 Å². The first-order chi connectivity index (χ1) is 10.2. The van der Waals surface area contributed by atoms with Crippen molar-refractivity contribution in [2.45, 2.75) is 26.2 Å². The van der Waals surface area contributed by atoms with Crippen LogP contribution in [-0.2, 0) is 19.3 Å². The smallest absolute Gasteiger partial charge is 0.0207 e. The van der Waals surface area contributed by atoms with Gasteiger partial charge in [-0.1, -0.05) is 65.3 Å². The van der Waals surface area contributed by atoms with Crippen LogP contribution in [0.15, 0.2) is 53.0 Å². The van der Waals surface area contributed by atoms with Crippen molar-refractivity contribution in [1.29, 1.82) is 0 Å². The number of aryl methyl sites for hydroxylation is 1. The quantitative estimate of drug-likeness (QED) is 0.771. The highest BCUT2D eigenvalue weighted by Gasteiger charge is 2.12. The first kappa shape index (κ1) is 16.3. The lowest BCUT2D eigenvalue weighted by Crippen LogP contribution is -2.23. The summed E-state index contributed by atoms with van der Waals surface area (Å²) in [6.07, 6.45) is 3.32. The zero-order chi connectivity index (χ0) is 15.1. The Kier molecular flexibility index (Phi) is 6.47. The van der Waals surface area contributed by atoms with Crippen molar-refractivity contribution in [2.24, 2.45) is 5.92 Å². The van der Waals surface area contributed by atoms with Crippen molar-refractivity contribution in [3.63, 3.8) is 0 Å². The summed E-state index contributed by atoms with van der Waals surface area (Å²) >= 11 is 3.66. The van der Waals surface area contributed by atoms with Gasteiger partial charge in [0.2, 0.25) is 0 Å². The molecule has 0 saturated carbocycles. The van der Waals surface area contributed by atoms with Gasteiger partial charge in [0.15, 0.2) is 0 Å². The van der Waals surface area contributed by atoms with Crippen molar-refractivity contribution in [3.05, 3.63) is 69.7 Å². The van der Waals surface area contributed by atoms with Crippen LogP contribution in [0, 0.1) is 5.92 Å². The van der Waals surface area contributed by atoms with Gasteiger partial charge < -0.3 is 5.32 Å². The third kappa shape index (κ3) is 4.98. The van der Waals surface area contributed by atoms with E-state index in [4.69, 9.17) is 0 Å². The molecule has 0 aliphatic carbocycles. The van der Waals surface area contributed by atoms with Crippen molar-refractivity contribution >= 4 is 15.9 Å². The van der Waals surface area contributed by atoms with Gasteiger partial charge in [0.1, 0.15) is 0 Å². The van der Waals surface area contributed by atoms with Crippen molar-refractivity contribution in [1.82, 2.24) is 5.32 Å². The molecule has 0 radical (unpaired) electrons. The molecule has 2 rings (SSSR count).